The number of hydrogen-bond acceptors (Lipinski definition) is 7. The molecule has 0 amide bonds. The number of ether oxygens (including phenoxy) is 2. The van der Waals surface area contributed by atoms with E-state index >= 15 is 0 Å². The van der Waals surface area contributed by atoms with Crippen LogP contribution in [0, 0.1) is 15.5 Å². The topological polar surface area (TPSA) is 116 Å². The molecule has 8 heteroatoms. The van der Waals surface area contributed by atoms with E-state index in [1.165, 1.54) is 7.11 Å². The SMILES string of the molecule is COC(=O)[C@@]12C[C@@](O)(CCC1=O)[C@H]([N+](=O)[O-])[C@@H]2c1ccc(OC)cc1. The number of benzene rings is 1. The first-order valence-corrected chi connectivity index (χ1v) is 7.91. The quantitative estimate of drug-likeness (QED) is 0.374. The summed E-state index contributed by atoms with van der Waals surface area (Å²) in [7, 11) is 2.63. The average molecular weight is 349 g/mol. The van der Waals surface area contributed by atoms with Gasteiger partial charge in [0, 0.05) is 17.8 Å². The highest BCUT2D eigenvalue weighted by molar-refractivity contribution is 6.06. The second kappa shape index (κ2) is 5.80. The monoisotopic (exact) mass is 349 g/mol. The van der Waals surface area contributed by atoms with Gasteiger partial charge in [-0.1, -0.05) is 12.1 Å². The van der Waals surface area contributed by atoms with Crippen molar-refractivity contribution in [3.05, 3.63) is 39.9 Å². The van der Waals surface area contributed by atoms with Crippen molar-refractivity contribution in [2.24, 2.45) is 5.41 Å². The Bertz CT molecular complexity index is 721. The lowest BCUT2D eigenvalue weighted by molar-refractivity contribution is -0.544. The first kappa shape index (κ1) is 17.3. The van der Waals surface area contributed by atoms with E-state index in [9.17, 15) is 24.8 Å². The molecule has 2 fully saturated rings. The molecule has 2 bridgehead atoms. The molecule has 25 heavy (non-hydrogen) atoms. The number of nitro groups is 1. The van der Waals surface area contributed by atoms with Crippen LogP contribution >= 0.6 is 0 Å². The molecule has 0 unspecified atom stereocenters. The smallest absolute Gasteiger partial charge is 0.320 e. The molecule has 2 aliphatic carbocycles. The minimum Gasteiger partial charge on any atom is -0.497 e. The van der Waals surface area contributed by atoms with E-state index in [0.29, 0.717) is 11.3 Å². The molecule has 0 aliphatic heterocycles. The number of carbonyl (C=O) groups excluding carboxylic acids is 2. The summed E-state index contributed by atoms with van der Waals surface area (Å²) in [4.78, 5) is 36.5. The number of rotatable bonds is 4. The van der Waals surface area contributed by atoms with Crippen molar-refractivity contribution in [2.45, 2.75) is 36.8 Å². The number of esters is 1. The third-order valence-corrected chi connectivity index (χ3v) is 5.52. The highest BCUT2D eigenvalue weighted by Gasteiger charge is 2.75. The fourth-order valence-corrected chi connectivity index (χ4v) is 4.43. The van der Waals surface area contributed by atoms with Gasteiger partial charge in [0.25, 0.3) is 0 Å². The molecule has 0 aromatic heterocycles. The molecule has 134 valence electrons. The van der Waals surface area contributed by atoms with Crippen LogP contribution in [0.5, 0.6) is 5.75 Å². The fraction of sp³-hybridized carbons (Fsp3) is 0.529. The average Bonchev–Trinajstić information content (AvgIpc) is 2.85. The van der Waals surface area contributed by atoms with Gasteiger partial charge in [0.15, 0.2) is 5.78 Å². The van der Waals surface area contributed by atoms with Gasteiger partial charge >= 0.3 is 5.97 Å². The third kappa shape index (κ3) is 2.31. The normalized spacial score (nSPS) is 33.8. The molecule has 0 radical (unpaired) electrons. The molecule has 0 saturated heterocycles. The van der Waals surface area contributed by atoms with Crippen LogP contribution in [0.4, 0.5) is 0 Å². The van der Waals surface area contributed by atoms with Crippen molar-refractivity contribution in [3.63, 3.8) is 0 Å². The van der Waals surface area contributed by atoms with Crippen LogP contribution in [0.1, 0.15) is 30.7 Å². The first-order valence-electron chi connectivity index (χ1n) is 7.91. The number of nitrogens with zero attached hydrogens (tertiary/aromatic N) is 1. The van der Waals surface area contributed by atoms with E-state index in [0.717, 1.165) is 7.11 Å². The summed E-state index contributed by atoms with van der Waals surface area (Å²) in [5, 5.41) is 22.7. The number of carbonyl (C=O) groups is 2. The Morgan fingerprint density at radius 2 is 1.96 bits per heavy atom. The van der Waals surface area contributed by atoms with Gasteiger partial charge in [-0.05, 0) is 24.1 Å². The second-order valence-corrected chi connectivity index (χ2v) is 6.65. The lowest BCUT2D eigenvalue weighted by atomic mass is 9.68. The summed E-state index contributed by atoms with van der Waals surface area (Å²) < 4.78 is 9.92. The van der Waals surface area contributed by atoms with E-state index in [4.69, 9.17) is 9.47 Å². The van der Waals surface area contributed by atoms with Crippen molar-refractivity contribution < 1.29 is 29.1 Å². The van der Waals surface area contributed by atoms with Crippen molar-refractivity contribution >= 4 is 11.8 Å². The minimum absolute atomic E-state index is 0.0388. The number of methoxy groups -OCH3 is 2. The van der Waals surface area contributed by atoms with E-state index in [1.54, 1.807) is 24.3 Å². The highest BCUT2D eigenvalue weighted by Crippen LogP contribution is 2.60. The standard InChI is InChI=1S/C17H19NO7/c1-24-11-5-3-10(4-6-11)13-14(18(22)23)16(21)8-7-12(19)17(13,9-16)15(20)25-2/h3-6,13-14,21H,7-9H2,1-2H3/t13-,14+,16-,17-/m0/s1. The molecular weight excluding hydrogens is 330 g/mol. The Labute approximate surface area is 143 Å². The van der Waals surface area contributed by atoms with Crippen molar-refractivity contribution in [1.82, 2.24) is 0 Å². The third-order valence-electron chi connectivity index (χ3n) is 5.52. The van der Waals surface area contributed by atoms with Crippen LogP contribution < -0.4 is 4.74 Å². The predicted molar refractivity (Wildman–Crippen MR) is 84.8 cm³/mol. The molecule has 0 spiro atoms. The lowest BCUT2D eigenvalue weighted by Crippen LogP contribution is -2.47. The van der Waals surface area contributed by atoms with Crippen LogP contribution in [0.2, 0.25) is 0 Å². The zero-order chi connectivity index (χ0) is 18.4. The Balaban J connectivity index is 2.22. The van der Waals surface area contributed by atoms with Gasteiger partial charge in [0.2, 0.25) is 6.04 Å². The molecule has 2 aliphatic rings. The van der Waals surface area contributed by atoms with Gasteiger partial charge in [-0.3, -0.25) is 19.7 Å². The largest absolute Gasteiger partial charge is 0.497 e. The number of hydrogen-bond donors (Lipinski definition) is 1. The molecule has 1 aromatic rings. The maximum absolute atomic E-state index is 12.7. The molecule has 8 nitrogen and oxygen atoms in total. The number of aliphatic hydroxyl groups is 1. The summed E-state index contributed by atoms with van der Waals surface area (Å²) in [6.07, 6.45) is -0.431. The Kier molecular flexibility index (Phi) is 4.03. The second-order valence-electron chi connectivity index (χ2n) is 6.65. The summed E-state index contributed by atoms with van der Waals surface area (Å²) in [5.41, 5.74) is -3.04. The molecule has 3 rings (SSSR count). The van der Waals surface area contributed by atoms with Gasteiger partial charge in [-0.2, -0.15) is 0 Å². The van der Waals surface area contributed by atoms with E-state index in [2.05, 4.69) is 0 Å². The van der Waals surface area contributed by atoms with Crippen LogP contribution in [0.15, 0.2) is 24.3 Å². The molecule has 1 aromatic carbocycles. The summed E-state index contributed by atoms with van der Waals surface area (Å²) in [5.74, 6) is -1.81. The van der Waals surface area contributed by atoms with Crippen LogP contribution in [-0.4, -0.2) is 47.6 Å². The van der Waals surface area contributed by atoms with E-state index in [1.807, 2.05) is 0 Å². The molecule has 0 heterocycles. The maximum atomic E-state index is 12.7. The summed E-state index contributed by atoms with van der Waals surface area (Å²) in [6.45, 7) is 0. The number of fused-ring (bicyclic) bond motifs is 2. The Morgan fingerprint density at radius 3 is 2.48 bits per heavy atom. The first-order chi connectivity index (χ1) is 11.8. The lowest BCUT2D eigenvalue weighted by Gasteiger charge is -2.33. The number of Topliss-reactive ketones (excluding diaryl/α,β-unsaturated/α-hetero) is 1. The number of ketones is 1. The molecular formula is C17H19NO7. The minimum atomic E-state index is -1.74. The van der Waals surface area contributed by atoms with Gasteiger partial charge in [0.1, 0.15) is 16.8 Å². The van der Waals surface area contributed by atoms with Gasteiger partial charge in [-0.25, -0.2) is 0 Å². The molecule has 1 N–H and O–H groups in total. The molecule has 4 atom stereocenters. The highest BCUT2D eigenvalue weighted by atomic mass is 16.6. The zero-order valence-electron chi connectivity index (χ0n) is 13.9. The van der Waals surface area contributed by atoms with Gasteiger partial charge in [-0.15, -0.1) is 0 Å². The van der Waals surface area contributed by atoms with Crippen molar-refractivity contribution in [2.75, 3.05) is 14.2 Å². The van der Waals surface area contributed by atoms with E-state index in [-0.39, 0.29) is 19.3 Å². The zero-order valence-corrected chi connectivity index (χ0v) is 13.9. The summed E-state index contributed by atoms with van der Waals surface area (Å²) >= 11 is 0. The van der Waals surface area contributed by atoms with Crippen LogP contribution in [0.3, 0.4) is 0 Å². The van der Waals surface area contributed by atoms with Crippen molar-refractivity contribution in [3.8, 4) is 5.75 Å². The maximum Gasteiger partial charge on any atom is 0.320 e. The van der Waals surface area contributed by atoms with Gasteiger partial charge < -0.3 is 14.6 Å². The summed E-state index contributed by atoms with van der Waals surface area (Å²) in [6, 6.07) is 4.91. The Hall–Kier alpha value is -2.48. The van der Waals surface area contributed by atoms with Crippen molar-refractivity contribution in [1.29, 1.82) is 0 Å². The molecule has 2 saturated carbocycles. The predicted octanol–water partition coefficient (Wildman–Crippen LogP) is 1.08. The van der Waals surface area contributed by atoms with Crippen LogP contribution in [0.25, 0.3) is 0 Å². The van der Waals surface area contributed by atoms with Crippen LogP contribution in [-0.2, 0) is 14.3 Å². The van der Waals surface area contributed by atoms with E-state index < -0.39 is 39.7 Å². The van der Waals surface area contributed by atoms with Gasteiger partial charge in [0.05, 0.1) is 20.1 Å². The fourth-order valence-electron chi connectivity index (χ4n) is 4.43. The Morgan fingerprint density at radius 1 is 1.32 bits per heavy atom.